The van der Waals surface area contributed by atoms with Gasteiger partial charge in [0.1, 0.15) is 0 Å². The number of nitrogens with zero attached hydrogens (tertiary/aromatic N) is 3. The number of anilines is 1. The fraction of sp³-hybridized carbons (Fsp3) is 0.267. The number of hydrogen-bond acceptors (Lipinski definition) is 5. The normalized spacial score (nSPS) is 17.5. The molecule has 1 atom stereocenters. The van der Waals surface area contributed by atoms with E-state index in [9.17, 15) is 4.79 Å². The Hall–Kier alpha value is -2.39. The minimum Gasteiger partial charge on any atom is -0.347 e. The van der Waals surface area contributed by atoms with Crippen LogP contribution in [0.4, 0.5) is 5.13 Å². The summed E-state index contributed by atoms with van der Waals surface area (Å²) in [5, 5.41) is 14.9. The van der Waals surface area contributed by atoms with Gasteiger partial charge in [0.2, 0.25) is 0 Å². The number of thiazole rings is 1. The van der Waals surface area contributed by atoms with Crippen molar-refractivity contribution in [3.05, 3.63) is 47.0 Å². The van der Waals surface area contributed by atoms with Crippen LogP contribution >= 0.6 is 11.3 Å². The molecule has 0 spiro atoms. The third kappa shape index (κ3) is 3.03. The molecular weight excluding hydrogens is 284 g/mol. The van der Waals surface area contributed by atoms with Gasteiger partial charge in [-0.1, -0.05) is 6.07 Å². The largest absolute Gasteiger partial charge is 0.347 e. The van der Waals surface area contributed by atoms with Gasteiger partial charge in [-0.2, -0.15) is 5.26 Å². The highest BCUT2D eigenvalue weighted by Gasteiger charge is 2.25. The zero-order valence-electron chi connectivity index (χ0n) is 11.3. The van der Waals surface area contributed by atoms with Crippen molar-refractivity contribution in [3.63, 3.8) is 0 Å². The highest BCUT2D eigenvalue weighted by Crippen LogP contribution is 2.22. The molecule has 0 saturated carbocycles. The predicted octanol–water partition coefficient (Wildman–Crippen LogP) is 2.02. The quantitative estimate of drug-likeness (QED) is 0.941. The molecule has 5 nitrogen and oxygen atoms in total. The lowest BCUT2D eigenvalue weighted by molar-refractivity contribution is 0.0940. The Balaban J connectivity index is 1.62. The van der Waals surface area contributed by atoms with Gasteiger partial charge in [-0.05, 0) is 24.6 Å². The van der Waals surface area contributed by atoms with Crippen molar-refractivity contribution in [1.82, 2.24) is 10.3 Å². The van der Waals surface area contributed by atoms with Gasteiger partial charge in [0.25, 0.3) is 5.91 Å². The first kappa shape index (κ1) is 13.6. The molecule has 0 bridgehead atoms. The molecule has 21 heavy (non-hydrogen) atoms. The number of carbonyl (C=O) groups is 1. The number of benzene rings is 1. The summed E-state index contributed by atoms with van der Waals surface area (Å²) in [5.41, 5.74) is 1.03. The fourth-order valence-corrected chi connectivity index (χ4v) is 3.10. The molecule has 0 aliphatic carbocycles. The monoisotopic (exact) mass is 298 g/mol. The first-order valence-electron chi connectivity index (χ1n) is 6.72. The summed E-state index contributed by atoms with van der Waals surface area (Å²) < 4.78 is 0. The van der Waals surface area contributed by atoms with E-state index in [0.29, 0.717) is 11.1 Å². The summed E-state index contributed by atoms with van der Waals surface area (Å²) in [5.74, 6) is -0.127. The number of aromatic nitrogens is 1. The molecule has 2 heterocycles. The minimum atomic E-state index is -0.127. The molecule has 1 aliphatic rings. The van der Waals surface area contributed by atoms with Crippen molar-refractivity contribution in [2.45, 2.75) is 12.5 Å². The lowest BCUT2D eigenvalue weighted by Crippen LogP contribution is -2.37. The number of nitrogens with one attached hydrogen (secondary N) is 1. The molecule has 2 aromatic rings. The van der Waals surface area contributed by atoms with Gasteiger partial charge in [-0.3, -0.25) is 4.79 Å². The summed E-state index contributed by atoms with van der Waals surface area (Å²) in [6, 6.07) is 8.92. The number of nitriles is 1. The second kappa shape index (κ2) is 5.94. The number of hydrogen-bond donors (Lipinski definition) is 1. The van der Waals surface area contributed by atoms with Crippen LogP contribution in [0.1, 0.15) is 22.3 Å². The van der Waals surface area contributed by atoms with Gasteiger partial charge in [0.05, 0.1) is 11.6 Å². The smallest absolute Gasteiger partial charge is 0.251 e. The standard InChI is InChI=1S/C15H14N4OS/c16-9-11-2-1-3-12(8-11)14(20)18-13-4-6-19(10-13)15-17-5-7-21-15/h1-3,5,7-8,13H,4,6,10H2,(H,18,20)/t13-/m1/s1. The third-order valence-corrected chi connectivity index (χ3v) is 4.30. The van der Waals surface area contributed by atoms with Crippen LogP contribution in [0.15, 0.2) is 35.8 Å². The SMILES string of the molecule is N#Cc1cccc(C(=O)N[C@@H]2CCN(c3nccs3)C2)c1. The first-order chi connectivity index (χ1) is 10.3. The van der Waals surface area contributed by atoms with E-state index in [1.165, 1.54) is 0 Å². The summed E-state index contributed by atoms with van der Waals surface area (Å²) in [6.07, 6.45) is 2.70. The average Bonchev–Trinajstić information content (AvgIpc) is 3.18. The van der Waals surface area contributed by atoms with E-state index in [2.05, 4.69) is 15.2 Å². The van der Waals surface area contributed by atoms with Crippen molar-refractivity contribution >= 4 is 22.4 Å². The van der Waals surface area contributed by atoms with E-state index < -0.39 is 0 Å². The lowest BCUT2D eigenvalue weighted by Gasteiger charge is -2.15. The van der Waals surface area contributed by atoms with Crippen LogP contribution in [0.3, 0.4) is 0 Å². The number of carbonyl (C=O) groups excluding carboxylic acids is 1. The van der Waals surface area contributed by atoms with E-state index in [0.717, 1.165) is 24.6 Å². The maximum atomic E-state index is 12.2. The summed E-state index contributed by atoms with van der Waals surface area (Å²) in [7, 11) is 0. The van der Waals surface area contributed by atoms with Gasteiger partial charge in [-0.25, -0.2) is 4.98 Å². The molecule has 1 aromatic carbocycles. The molecule has 1 aliphatic heterocycles. The van der Waals surface area contributed by atoms with Crippen LogP contribution in [0.5, 0.6) is 0 Å². The van der Waals surface area contributed by atoms with Crippen LogP contribution in [0.2, 0.25) is 0 Å². The topological polar surface area (TPSA) is 69.0 Å². The maximum absolute atomic E-state index is 12.2. The molecule has 1 N–H and O–H groups in total. The van der Waals surface area contributed by atoms with E-state index >= 15 is 0 Å². The molecule has 0 radical (unpaired) electrons. The molecule has 0 unspecified atom stereocenters. The second-order valence-corrected chi connectivity index (χ2v) is 5.79. The highest BCUT2D eigenvalue weighted by atomic mass is 32.1. The van der Waals surface area contributed by atoms with Gasteiger partial charge >= 0.3 is 0 Å². The molecular formula is C15H14N4OS. The molecule has 1 amide bonds. The van der Waals surface area contributed by atoms with Crippen LogP contribution in [0, 0.1) is 11.3 Å². The second-order valence-electron chi connectivity index (χ2n) is 4.91. The zero-order chi connectivity index (χ0) is 14.7. The van der Waals surface area contributed by atoms with Crippen LogP contribution in [-0.2, 0) is 0 Å². The van der Waals surface area contributed by atoms with Crippen LogP contribution in [0.25, 0.3) is 0 Å². The summed E-state index contributed by atoms with van der Waals surface area (Å²) in [4.78, 5) is 18.7. The van der Waals surface area contributed by atoms with Crippen LogP contribution < -0.4 is 10.2 Å². The Kier molecular flexibility index (Phi) is 3.84. The maximum Gasteiger partial charge on any atom is 0.251 e. The molecule has 1 aromatic heterocycles. The number of amides is 1. The molecule has 1 fully saturated rings. The molecule has 3 rings (SSSR count). The Bertz CT molecular complexity index is 677. The van der Waals surface area contributed by atoms with E-state index in [-0.39, 0.29) is 11.9 Å². The third-order valence-electron chi connectivity index (χ3n) is 3.47. The highest BCUT2D eigenvalue weighted by molar-refractivity contribution is 7.13. The fourth-order valence-electron chi connectivity index (χ4n) is 2.42. The molecule has 1 saturated heterocycles. The van der Waals surface area contributed by atoms with Gasteiger partial charge in [0, 0.05) is 36.3 Å². The van der Waals surface area contributed by atoms with Crippen LogP contribution in [-0.4, -0.2) is 30.0 Å². The predicted molar refractivity (Wildman–Crippen MR) is 81.4 cm³/mol. The molecule has 106 valence electrons. The molecule has 6 heteroatoms. The van der Waals surface area contributed by atoms with Gasteiger partial charge in [0.15, 0.2) is 5.13 Å². The number of rotatable bonds is 3. The van der Waals surface area contributed by atoms with Crippen molar-refractivity contribution in [3.8, 4) is 6.07 Å². The van der Waals surface area contributed by atoms with Crippen molar-refractivity contribution in [2.24, 2.45) is 0 Å². The zero-order valence-corrected chi connectivity index (χ0v) is 12.1. The van der Waals surface area contributed by atoms with Crippen molar-refractivity contribution < 1.29 is 4.79 Å². The van der Waals surface area contributed by atoms with Crippen molar-refractivity contribution in [1.29, 1.82) is 5.26 Å². The van der Waals surface area contributed by atoms with Crippen molar-refractivity contribution in [2.75, 3.05) is 18.0 Å². The Morgan fingerprint density at radius 1 is 1.52 bits per heavy atom. The minimum absolute atomic E-state index is 0.118. The average molecular weight is 298 g/mol. The summed E-state index contributed by atoms with van der Waals surface area (Å²) in [6.45, 7) is 1.67. The lowest BCUT2D eigenvalue weighted by atomic mass is 10.1. The van der Waals surface area contributed by atoms with Gasteiger partial charge < -0.3 is 10.2 Å². The first-order valence-corrected chi connectivity index (χ1v) is 7.59. The van der Waals surface area contributed by atoms with E-state index in [1.807, 2.05) is 11.4 Å². The Labute approximate surface area is 126 Å². The summed E-state index contributed by atoms with van der Waals surface area (Å²) >= 11 is 1.61. The van der Waals surface area contributed by atoms with Gasteiger partial charge in [-0.15, -0.1) is 11.3 Å². The van der Waals surface area contributed by atoms with E-state index in [1.54, 1.807) is 41.8 Å². The Morgan fingerprint density at radius 3 is 3.19 bits per heavy atom. The Morgan fingerprint density at radius 2 is 2.43 bits per heavy atom. The van der Waals surface area contributed by atoms with E-state index in [4.69, 9.17) is 5.26 Å².